The normalized spacial score (nSPS) is 17.3. The van der Waals surface area contributed by atoms with Crippen molar-refractivity contribution in [3.05, 3.63) is 66.0 Å². The van der Waals surface area contributed by atoms with E-state index < -0.39 is 0 Å². The van der Waals surface area contributed by atoms with Gasteiger partial charge in [0, 0.05) is 36.4 Å². The van der Waals surface area contributed by atoms with E-state index in [1.807, 2.05) is 55.5 Å². The van der Waals surface area contributed by atoms with Gasteiger partial charge < -0.3 is 19.7 Å². The zero-order chi connectivity index (χ0) is 20.1. The second-order valence-corrected chi connectivity index (χ2v) is 7.56. The summed E-state index contributed by atoms with van der Waals surface area (Å²) in [5, 5.41) is 4.97. The van der Waals surface area contributed by atoms with E-state index in [2.05, 4.69) is 16.4 Å². The fraction of sp³-hybridized carbons (Fsp3) is 0.375. The van der Waals surface area contributed by atoms with Crippen molar-refractivity contribution in [2.75, 3.05) is 32.9 Å². The number of allylic oxidation sites excluding steroid dienone is 2. The van der Waals surface area contributed by atoms with Gasteiger partial charge >= 0.3 is 0 Å². The van der Waals surface area contributed by atoms with Gasteiger partial charge in [-0.25, -0.2) is 0 Å². The van der Waals surface area contributed by atoms with E-state index in [0.717, 1.165) is 54.8 Å². The number of nitrogens with one attached hydrogen (secondary N) is 1. The molecule has 0 saturated carbocycles. The van der Waals surface area contributed by atoms with Crippen LogP contribution in [-0.2, 0) is 4.74 Å². The second-order valence-electron chi connectivity index (χ2n) is 7.56. The number of carbonyl (C=O) groups excluding carboxylic acids is 1. The lowest BCUT2D eigenvalue weighted by molar-refractivity contribution is 0.0583. The average molecular weight is 392 g/mol. The smallest absolute Gasteiger partial charge is 0.256 e. The van der Waals surface area contributed by atoms with E-state index in [9.17, 15) is 4.79 Å². The zero-order valence-electron chi connectivity index (χ0n) is 16.9. The summed E-state index contributed by atoms with van der Waals surface area (Å²) in [6.45, 7) is 5.98. The summed E-state index contributed by atoms with van der Waals surface area (Å²) in [4.78, 5) is 15.3. The van der Waals surface area contributed by atoms with E-state index in [0.29, 0.717) is 24.6 Å². The van der Waals surface area contributed by atoms with E-state index in [1.165, 1.54) is 0 Å². The Morgan fingerprint density at radius 3 is 2.76 bits per heavy atom. The maximum Gasteiger partial charge on any atom is 0.256 e. The van der Waals surface area contributed by atoms with Crippen LogP contribution >= 0.6 is 0 Å². The Kier molecular flexibility index (Phi) is 6.15. The number of carbonyl (C=O) groups is 1. The zero-order valence-corrected chi connectivity index (χ0v) is 16.9. The SMILES string of the molecule is CCOc1ccc(C(=O)NC2=CC=CN(CC3CCOCC3)C2)c2ccccc12. The summed E-state index contributed by atoms with van der Waals surface area (Å²) in [5.41, 5.74) is 1.58. The minimum Gasteiger partial charge on any atom is -0.493 e. The van der Waals surface area contributed by atoms with Crippen molar-refractivity contribution in [2.24, 2.45) is 5.92 Å². The largest absolute Gasteiger partial charge is 0.493 e. The van der Waals surface area contributed by atoms with Crippen LogP contribution < -0.4 is 10.1 Å². The summed E-state index contributed by atoms with van der Waals surface area (Å²) in [6.07, 6.45) is 8.31. The molecule has 2 aliphatic heterocycles. The maximum atomic E-state index is 13.0. The van der Waals surface area contributed by atoms with Crippen molar-refractivity contribution in [1.29, 1.82) is 0 Å². The molecule has 2 aromatic carbocycles. The number of rotatable bonds is 6. The van der Waals surface area contributed by atoms with Gasteiger partial charge in [-0.1, -0.05) is 24.3 Å². The van der Waals surface area contributed by atoms with Gasteiger partial charge in [-0.3, -0.25) is 4.79 Å². The first-order valence-electron chi connectivity index (χ1n) is 10.4. The number of benzene rings is 2. The predicted molar refractivity (Wildman–Crippen MR) is 115 cm³/mol. The Hall–Kier alpha value is -2.79. The second kappa shape index (κ2) is 9.14. The monoisotopic (exact) mass is 392 g/mol. The fourth-order valence-corrected chi connectivity index (χ4v) is 4.04. The number of hydrogen-bond acceptors (Lipinski definition) is 4. The van der Waals surface area contributed by atoms with Crippen molar-refractivity contribution in [3.63, 3.8) is 0 Å². The quantitative estimate of drug-likeness (QED) is 0.804. The van der Waals surface area contributed by atoms with Crippen molar-refractivity contribution in [1.82, 2.24) is 10.2 Å². The highest BCUT2D eigenvalue weighted by molar-refractivity contribution is 6.09. The van der Waals surface area contributed by atoms with Crippen LogP contribution in [0, 0.1) is 5.92 Å². The molecule has 2 aromatic rings. The lowest BCUT2D eigenvalue weighted by atomic mass is 9.99. The van der Waals surface area contributed by atoms with Crippen LogP contribution in [0.5, 0.6) is 5.75 Å². The maximum absolute atomic E-state index is 13.0. The topological polar surface area (TPSA) is 50.8 Å². The van der Waals surface area contributed by atoms with E-state index in [1.54, 1.807) is 0 Å². The molecule has 2 aliphatic rings. The third kappa shape index (κ3) is 4.62. The van der Waals surface area contributed by atoms with Crippen molar-refractivity contribution in [3.8, 4) is 5.75 Å². The highest BCUT2D eigenvalue weighted by atomic mass is 16.5. The molecule has 152 valence electrons. The average Bonchev–Trinajstić information content (AvgIpc) is 2.75. The van der Waals surface area contributed by atoms with E-state index in [4.69, 9.17) is 9.47 Å². The third-order valence-corrected chi connectivity index (χ3v) is 5.50. The molecule has 0 aliphatic carbocycles. The van der Waals surface area contributed by atoms with Gasteiger partial charge in [0.2, 0.25) is 0 Å². The summed E-state index contributed by atoms with van der Waals surface area (Å²) in [6, 6.07) is 11.6. The van der Waals surface area contributed by atoms with Crippen LogP contribution in [0.25, 0.3) is 10.8 Å². The molecule has 29 heavy (non-hydrogen) atoms. The number of fused-ring (bicyclic) bond motifs is 1. The molecule has 0 radical (unpaired) electrons. The van der Waals surface area contributed by atoms with Gasteiger partial charge in [-0.05, 0) is 61.6 Å². The van der Waals surface area contributed by atoms with Gasteiger partial charge in [0.15, 0.2) is 0 Å². The van der Waals surface area contributed by atoms with E-state index >= 15 is 0 Å². The molecular formula is C24H28N2O3. The molecule has 1 fully saturated rings. The summed E-state index contributed by atoms with van der Waals surface area (Å²) in [5.74, 6) is 1.37. The number of nitrogens with zero attached hydrogens (tertiary/aromatic N) is 1. The highest BCUT2D eigenvalue weighted by Crippen LogP contribution is 2.29. The van der Waals surface area contributed by atoms with Crippen LogP contribution in [0.2, 0.25) is 0 Å². The molecule has 2 heterocycles. The van der Waals surface area contributed by atoms with Crippen molar-refractivity contribution in [2.45, 2.75) is 19.8 Å². The Balaban J connectivity index is 1.46. The van der Waals surface area contributed by atoms with E-state index in [-0.39, 0.29) is 5.91 Å². The minimum atomic E-state index is -0.0863. The molecule has 0 aromatic heterocycles. The molecular weight excluding hydrogens is 364 g/mol. The lowest BCUT2D eigenvalue weighted by Crippen LogP contribution is -2.35. The van der Waals surface area contributed by atoms with Gasteiger partial charge in [0.05, 0.1) is 13.2 Å². The first-order chi connectivity index (χ1) is 14.2. The molecule has 0 spiro atoms. The summed E-state index contributed by atoms with van der Waals surface area (Å²) < 4.78 is 11.2. The fourth-order valence-electron chi connectivity index (χ4n) is 4.04. The van der Waals surface area contributed by atoms with Crippen LogP contribution in [0.4, 0.5) is 0 Å². The standard InChI is InChI=1S/C24H28N2O3/c1-2-29-23-10-9-22(20-7-3-4-8-21(20)23)24(27)25-19-6-5-13-26(17-19)16-18-11-14-28-15-12-18/h3-10,13,18H,2,11-12,14-17H2,1H3,(H,25,27). The molecule has 1 N–H and O–H groups in total. The lowest BCUT2D eigenvalue weighted by Gasteiger charge is -2.31. The van der Waals surface area contributed by atoms with Gasteiger partial charge in [-0.15, -0.1) is 0 Å². The molecule has 5 nitrogen and oxygen atoms in total. The van der Waals surface area contributed by atoms with Gasteiger partial charge in [0.25, 0.3) is 5.91 Å². The van der Waals surface area contributed by atoms with Crippen LogP contribution in [0.3, 0.4) is 0 Å². The summed E-state index contributed by atoms with van der Waals surface area (Å²) in [7, 11) is 0. The minimum absolute atomic E-state index is 0.0863. The highest BCUT2D eigenvalue weighted by Gasteiger charge is 2.19. The third-order valence-electron chi connectivity index (χ3n) is 5.50. The van der Waals surface area contributed by atoms with Crippen LogP contribution in [0.1, 0.15) is 30.1 Å². The number of ether oxygens (including phenoxy) is 2. The van der Waals surface area contributed by atoms with Gasteiger partial charge in [-0.2, -0.15) is 0 Å². The predicted octanol–water partition coefficient (Wildman–Crippen LogP) is 4.11. The first kappa shape index (κ1) is 19.5. The number of hydrogen-bond donors (Lipinski definition) is 1. The van der Waals surface area contributed by atoms with Crippen LogP contribution in [0.15, 0.2) is 60.4 Å². The Morgan fingerprint density at radius 2 is 1.97 bits per heavy atom. The molecule has 0 bridgehead atoms. The molecule has 0 atom stereocenters. The van der Waals surface area contributed by atoms with Gasteiger partial charge in [0.1, 0.15) is 5.75 Å². The Labute approximate surface area is 172 Å². The Bertz CT molecular complexity index is 929. The molecule has 1 amide bonds. The first-order valence-corrected chi connectivity index (χ1v) is 10.4. The molecule has 1 saturated heterocycles. The van der Waals surface area contributed by atoms with Crippen molar-refractivity contribution >= 4 is 16.7 Å². The van der Waals surface area contributed by atoms with Crippen molar-refractivity contribution < 1.29 is 14.3 Å². The summed E-state index contributed by atoms with van der Waals surface area (Å²) >= 11 is 0. The molecule has 4 rings (SSSR count). The van der Waals surface area contributed by atoms with Crippen LogP contribution in [-0.4, -0.2) is 43.7 Å². The molecule has 5 heteroatoms. The number of amides is 1. The Morgan fingerprint density at radius 1 is 1.17 bits per heavy atom. The molecule has 0 unspecified atom stereocenters.